The van der Waals surface area contributed by atoms with Gasteiger partial charge in [-0.2, -0.15) is 0 Å². The number of amides is 2. The quantitative estimate of drug-likeness (QED) is 0.823. The lowest BCUT2D eigenvalue weighted by Gasteiger charge is -2.30. The number of hydrogen-bond acceptors (Lipinski definition) is 5. The monoisotopic (exact) mass is 379 g/mol. The van der Waals surface area contributed by atoms with Gasteiger partial charge in [0.25, 0.3) is 0 Å². The van der Waals surface area contributed by atoms with Crippen molar-refractivity contribution >= 4 is 23.8 Å². The molecule has 7 heteroatoms. The molecule has 1 aromatic rings. The molecule has 2 atom stereocenters. The number of nitrogens with one attached hydrogen (secondary N) is 1. The van der Waals surface area contributed by atoms with E-state index in [1.807, 2.05) is 44.1 Å². The van der Waals surface area contributed by atoms with Crippen LogP contribution in [0.25, 0.3) is 0 Å². The van der Waals surface area contributed by atoms with Crippen LogP contribution in [0.2, 0.25) is 0 Å². The molecule has 0 aromatic carbocycles. The fourth-order valence-electron chi connectivity index (χ4n) is 3.02. The first-order valence-electron chi connectivity index (χ1n) is 9.00. The summed E-state index contributed by atoms with van der Waals surface area (Å²) >= 11 is 1.48. The molecule has 144 valence electrons. The van der Waals surface area contributed by atoms with E-state index in [1.54, 1.807) is 12.4 Å². The van der Waals surface area contributed by atoms with Gasteiger partial charge in [-0.05, 0) is 64.0 Å². The minimum absolute atomic E-state index is 0.0881. The Balaban J connectivity index is 2.16. The zero-order valence-electron chi connectivity index (χ0n) is 16.0. The van der Waals surface area contributed by atoms with Gasteiger partial charge in [0.2, 0.25) is 5.91 Å². The first kappa shape index (κ1) is 20.6. The molecule has 2 amide bonds. The normalized spacial score (nSPS) is 16.8. The van der Waals surface area contributed by atoms with Gasteiger partial charge in [-0.3, -0.25) is 9.78 Å². The molecule has 1 aliphatic rings. The van der Waals surface area contributed by atoms with E-state index in [4.69, 9.17) is 4.74 Å². The van der Waals surface area contributed by atoms with Gasteiger partial charge in [-0.25, -0.2) is 4.79 Å². The number of carbonyl (C=O) groups excluding carboxylic acids is 2. The summed E-state index contributed by atoms with van der Waals surface area (Å²) in [6, 6.07) is 3.46. The van der Waals surface area contributed by atoms with Gasteiger partial charge in [0, 0.05) is 25.5 Å². The van der Waals surface area contributed by atoms with Crippen molar-refractivity contribution in [3.63, 3.8) is 0 Å². The molecule has 0 radical (unpaired) electrons. The van der Waals surface area contributed by atoms with E-state index < -0.39 is 11.7 Å². The Kier molecular flexibility index (Phi) is 7.32. The molecule has 1 aliphatic heterocycles. The van der Waals surface area contributed by atoms with Crippen molar-refractivity contribution < 1.29 is 14.3 Å². The summed E-state index contributed by atoms with van der Waals surface area (Å²) in [6.45, 7) is 7.07. The fourth-order valence-corrected chi connectivity index (χ4v) is 3.86. The van der Waals surface area contributed by atoms with Crippen LogP contribution in [0, 0.1) is 0 Å². The second kappa shape index (κ2) is 9.26. The van der Waals surface area contributed by atoms with Gasteiger partial charge in [-0.1, -0.05) is 0 Å². The van der Waals surface area contributed by atoms with Crippen LogP contribution < -0.4 is 5.32 Å². The van der Waals surface area contributed by atoms with E-state index in [-0.39, 0.29) is 17.2 Å². The summed E-state index contributed by atoms with van der Waals surface area (Å²) in [5, 5.41) is 2.57. The van der Waals surface area contributed by atoms with E-state index in [9.17, 15) is 9.59 Å². The molecule has 1 N–H and O–H groups in total. The highest BCUT2D eigenvalue weighted by Gasteiger charge is 2.34. The van der Waals surface area contributed by atoms with Crippen LogP contribution in [0.15, 0.2) is 24.5 Å². The molecule has 0 aliphatic carbocycles. The fraction of sp³-hybridized carbons (Fsp3) is 0.632. The van der Waals surface area contributed by atoms with Crippen LogP contribution in [0.3, 0.4) is 0 Å². The highest BCUT2D eigenvalue weighted by Crippen LogP contribution is 2.21. The lowest BCUT2D eigenvalue weighted by Crippen LogP contribution is -2.51. The van der Waals surface area contributed by atoms with Crippen molar-refractivity contribution in [3.05, 3.63) is 30.1 Å². The number of thioether (sulfide) groups is 1. The predicted octanol–water partition coefficient (Wildman–Crippen LogP) is 2.87. The molecule has 26 heavy (non-hydrogen) atoms. The minimum atomic E-state index is -0.584. The summed E-state index contributed by atoms with van der Waals surface area (Å²) in [7, 11) is 0. The first-order valence-corrected chi connectivity index (χ1v) is 10.3. The SMILES string of the molecule is CSC(C(=O)N1CCCC1)C(Cc1ccncc1)NC(=O)OC(C)(C)C. The molecule has 1 saturated heterocycles. The van der Waals surface area contributed by atoms with Crippen LogP contribution in [0.5, 0.6) is 0 Å². The number of alkyl carbamates (subject to hydrolysis) is 1. The topological polar surface area (TPSA) is 71.5 Å². The molecule has 2 heterocycles. The van der Waals surface area contributed by atoms with Crippen molar-refractivity contribution in [2.45, 2.75) is 56.9 Å². The molecular formula is C19H29N3O3S. The molecule has 0 spiro atoms. The number of likely N-dealkylation sites (tertiary alicyclic amines) is 1. The summed E-state index contributed by atoms with van der Waals surface area (Å²) in [6.07, 6.45) is 7.49. The molecule has 1 fully saturated rings. The summed E-state index contributed by atoms with van der Waals surface area (Å²) in [5.74, 6) is 0.0881. The minimum Gasteiger partial charge on any atom is -0.444 e. The zero-order chi connectivity index (χ0) is 19.2. The number of nitrogens with zero attached hydrogens (tertiary/aromatic N) is 2. The van der Waals surface area contributed by atoms with Crippen molar-refractivity contribution in [2.24, 2.45) is 0 Å². The molecule has 2 rings (SSSR count). The van der Waals surface area contributed by atoms with Crippen molar-refractivity contribution in [2.75, 3.05) is 19.3 Å². The highest BCUT2D eigenvalue weighted by atomic mass is 32.2. The number of rotatable bonds is 6. The van der Waals surface area contributed by atoms with Gasteiger partial charge in [0.15, 0.2) is 0 Å². The van der Waals surface area contributed by atoms with Crippen LogP contribution in [-0.2, 0) is 16.0 Å². The average Bonchev–Trinajstić information content (AvgIpc) is 3.09. The van der Waals surface area contributed by atoms with Crippen LogP contribution in [-0.4, -0.2) is 58.1 Å². The van der Waals surface area contributed by atoms with Gasteiger partial charge in [0.05, 0.1) is 6.04 Å². The lowest BCUT2D eigenvalue weighted by atomic mass is 10.0. The molecule has 1 aromatic heterocycles. The first-order chi connectivity index (χ1) is 12.3. The second-order valence-corrected chi connectivity index (χ2v) is 8.48. The van der Waals surface area contributed by atoms with Crippen molar-refractivity contribution in [1.82, 2.24) is 15.2 Å². The molecular weight excluding hydrogens is 350 g/mol. The Bertz CT molecular complexity index is 598. The van der Waals surface area contributed by atoms with E-state index in [0.717, 1.165) is 31.5 Å². The van der Waals surface area contributed by atoms with E-state index in [2.05, 4.69) is 10.3 Å². The standard InChI is InChI=1S/C19H29N3O3S/c1-19(2,3)25-18(24)21-15(13-14-7-9-20-10-8-14)16(26-4)17(23)22-11-5-6-12-22/h7-10,15-16H,5-6,11-13H2,1-4H3,(H,21,24). The van der Waals surface area contributed by atoms with Crippen LogP contribution in [0.1, 0.15) is 39.2 Å². The largest absolute Gasteiger partial charge is 0.444 e. The number of aromatic nitrogens is 1. The summed E-state index contributed by atoms with van der Waals surface area (Å²) < 4.78 is 5.41. The molecule has 0 saturated carbocycles. The van der Waals surface area contributed by atoms with Crippen molar-refractivity contribution in [3.8, 4) is 0 Å². The molecule has 2 unspecified atom stereocenters. The molecule has 6 nitrogen and oxygen atoms in total. The Labute approximate surface area is 160 Å². The average molecular weight is 380 g/mol. The maximum atomic E-state index is 13.0. The highest BCUT2D eigenvalue weighted by molar-refractivity contribution is 8.00. The van der Waals surface area contributed by atoms with Crippen molar-refractivity contribution in [1.29, 1.82) is 0 Å². The Hall–Kier alpha value is -1.76. The maximum absolute atomic E-state index is 13.0. The third kappa shape index (κ3) is 6.20. The number of hydrogen-bond donors (Lipinski definition) is 1. The van der Waals surface area contributed by atoms with E-state index in [1.165, 1.54) is 11.8 Å². The number of pyridine rings is 1. The van der Waals surface area contributed by atoms with Gasteiger partial charge in [0.1, 0.15) is 10.9 Å². The summed E-state index contributed by atoms with van der Waals surface area (Å²) in [5.41, 5.74) is 0.438. The Morgan fingerprint density at radius 1 is 1.27 bits per heavy atom. The zero-order valence-corrected chi connectivity index (χ0v) is 16.8. The molecule has 0 bridgehead atoms. The van der Waals surface area contributed by atoms with E-state index in [0.29, 0.717) is 6.42 Å². The third-order valence-corrected chi connectivity index (χ3v) is 5.23. The summed E-state index contributed by atoms with van der Waals surface area (Å²) in [4.78, 5) is 31.3. The third-order valence-electron chi connectivity index (χ3n) is 4.19. The van der Waals surface area contributed by atoms with Gasteiger partial charge in [-0.15, -0.1) is 11.8 Å². The van der Waals surface area contributed by atoms with E-state index >= 15 is 0 Å². The van der Waals surface area contributed by atoms with Gasteiger partial charge >= 0.3 is 6.09 Å². The maximum Gasteiger partial charge on any atom is 0.407 e. The smallest absolute Gasteiger partial charge is 0.407 e. The lowest BCUT2D eigenvalue weighted by molar-refractivity contribution is -0.130. The number of carbonyl (C=O) groups is 2. The second-order valence-electron chi connectivity index (χ2n) is 7.50. The predicted molar refractivity (Wildman–Crippen MR) is 104 cm³/mol. The van der Waals surface area contributed by atoms with Gasteiger partial charge < -0.3 is 15.0 Å². The van der Waals surface area contributed by atoms with Crippen LogP contribution >= 0.6 is 11.8 Å². The van der Waals surface area contributed by atoms with Crippen LogP contribution in [0.4, 0.5) is 4.79 Å². The number of ether oxygens (including phenoxy) is 1. The Morgan fingerprint density at radius 2 is 1.88 bits per heavy atom. The Morgan fingerprint density at radius 3 is 2.42 bits per heavy atom.